The summed E-state index contributed by atoms with van der Waals surface area (Å²) in [6, 6.07) is 0. The van der Waals surface area contributed by atoms with Gasteiger partial charge in [-0.05, 0) is 19.8 Å². The number of carboxylic acids is 1. The first-order valence-electron chi connectivity index (χ1n) is 6.38. The van der Waals surface area contributed by atoms with Gasteiger partial charge in [0.2, 0.25) is 5.67 Å². The van der Waals surface area contributed by atoms with Crippen LogP contribution >= 0.6 is 0 Å². The van der Waals surface area contributed by atoms with Gasteiger partial charge in [0.1, 0.15) is 0 Å². The molecule has 0 aliphatic carbocycles. The third kappa shape index (κ3) is 6.99. The van der Waals surface area contributed by atoms with E-state index in [1.54, 1.807) is 6.92 Å². The van der Waals surface area contributed by atoms with Crippen LogP contribution in [-0.2, 0) is 4.79 Å². The van der Waals surface area contributed by atoms with Gasteiger partial charge < -0.3 is 5.11 Å². The molecule has 1 atom stereocenters. The maximum atomic E-state index is 14.0. The number of hydrogen-bond donors (Lipinski definition) is 1. The minimum absolute atomic E-state index is 0.0726. The van der Waals surface area contributed by atoms with Crippen LogP contribution in [0.2, 0.25) is 0 Å². The van der Waals surface area contributed by atoms with E-state index in [2.05, 4.69) is 18.8 Å². The van der Waals surface area contributed by atoms with Crippen LogP contribution in [0.4, 0.5) is 4.39 Å². The molecule has 0 fully saturated rings. The van der Waals surface area contributed by atoms with E-state index in [0.29, 0.717) is 6.42 Å². The molecule has 17 heavy (non-hydrogen) atoms. The molecular weight excluding hydrogens is 219 g/mol. The minimum atomic E-state index is -2.16. The normalized spacial score (nSPS) is 13.6. The Morgan fingerprint density at radius 2 is 1.82 bits per heavy atom. The van der Waals surface area contributed by atoms with Crippen LogP contribution < -0.4 is 0 Å². The Labute approximate surface area is 104 Å². The molecule has 0 heterocycles. The van der Waals surface area contributed by atoms with Crippen molar-refractivity contribution in [3.63, 3.8) is 0 Å². The van der Waals surface area contributed by atoms with Crippen molar-refractivity contribution in [1.29, 1.82) is 0 Å². The Balaban J connectivity index is 3.92. The van der Waals surface area contributed by atoms with Gasteiger partial charge in [0.05, 0.1) is 6.42 Å². The van der Waals surface area contributed by atoms with E-state index in [4.69, 9.17) is 5.11 Å². The van der Waals surface area contributed by atoms with Crippen LogP contribution in [0.1, 0.15) is 65.2 Å². The Morgan fingerprint density at radius 1 is 1.24 bits per heavy atom. The zero-order valence-corrected chi connectivity index (χ0v) is 10.9. The standard InChI is InChI=1S/C14H23FO2/c1-3-5-7-8-9-10-12-14(15,13(16)17)11-6-4-2/h3,5,7-12H2,1-2H3,(H,16,17). The van der Waals surface area contributed by atoms with Gasteiger partial charge in [0.25, 0.3) is 0 Å². The van der Waals surface area contributed by atoms with Gasteiger partial charge in [0.15, 0.2) is 0 Å². The smallest absolute Gasteiger partial charge is 0.342 e. The molecule has 0 saturated heterocycles. The third-order valence-corrected chi connectivity index (χ3v) is 2.86. The van der Waals surface area contributed by atoms with Crippen molar-refractivity contribution >= 4 is 5.97 Å². The van der Waals surface area contributed by atoms with Gasteiger partial charge in [-0.1, -0.05) is 44.9 Å². The molecule has 3 heteroatoms. The van der Waals surface area contributed by atoms with Crippen molar-refractivity contribution in [1.82, 2.24) is 0 Å². The summed E-state index contributed by atoms with van der Waals surface area (Å²) in [5.74, 6) is 3.69. The molecule has 1 unspecified atom stereocenters. The number of carbonyl (C=O) groups is 1. The highest BCUT2D eigenvalue weighted by Crippen LogP contribution is 2.24. The van der Waals surface area contributed by atoms with Crippen LogP contribution in [0.5, 0.6) is 0 Å². The second-order valence-electron chi connectivity index (χ2n) is 4.39. The molecule has 1 N–H and O–H groups in total. The highest BCUT2D eigenvalue weighted by atomic mass is 19.1. The molecule has 0 radical (unpaired) electrons. The fourth-order valence-corrected chi connectivity index (χ4v) is 1.68. The van der Waals surface area contributed by atoms with Gasteiger partial charge in [0, 0.05) is 0 Å². The lowest BCUT2D eigenvalue weighted by Crippen LogP contribution is -2.33. The molecule has 0 aromatic rings. The van der Waals surface area contributed by atoms with Crippen LogP contribution in [0.15, 0.2) is 0 Å². The Bertz CT molecular complexity index is 278. The molecule has 0 aliphatic heterocycles. The molecule has 0 rings (SSSR count). The maximum Gasteiger partial charge on any atom is 0.342 e. The molecule has 0 aliphatic rings. The molecule has 0 saturated carbocycles. The molecule has 0 aromatic carbocycles. The molecule has 0 amide bonds. The van der Waals surface area contributed by atoms with E-state index in [-0.39, 0.29) is 12.8 Å². The summed E-state index contributed by atoms with van der Waals surface area (Å²) in [7, 11) is 0. The van der Waals surface area contributed by atoms with Gasteiger partial charge in [-0.3, -0.25) is 0 Å². The highest BCUT2D eigenvalue weighted by molar-refractivity contribution is 5.77. The van der Waals surface area contributed by atoms with Gasteiger partial charge in [-0.2, -0.15) is 0 Å². The summed E-state index contributed by atoms with van der Waals surface area (Å²) in [4.78, 5) is 10.9. The molecule has 98 valence electrons. The Kier molecular flexibility index (Phi) is 8.49. The van der Waals surface area contributed by atoms with E-state index in [0.717, 1.165) is 19.3 Å². The minimum Gasteiger partial charge on any atom is -0.479 e. The van der Waals surface area contributed by atoms with Crippen molar-refractivity contribution in [2.45, 2.75) is 70.9 Å². The predicted octanol–water partition coefficient (Wildman–Crippen LogP) is 3.94. The van der Waals surface area contributed by atoms with Crippen molar-refractivity contribution in [2.75, 3.05) is 0 Å². The first-order valence-corrected chi connectivity index (χ1v) is 6.38. The highest BCUT2D eigenvalue weighted by Gasteiger charge is 2.37. The van der Waals surface area contributed by atoms with Crippen LogP contribution in [0.25, 0.3) is 0 Å². The fourth-order valence-electron chi connectivity index (χ4n) is 1.68. The summed E-state index contributed by atoms with van der Waals surface area (Å²) >= 11 is 0. The van der Waals surface area contributed by atoms with Crippen molar-refractivity contribution in [3.05, 3.63) is 0 Å². The van der Waals surface area contributed by atoms with Crippen LogP contribution in [0, 0.1) is 11.8 Å². The number of carboxylic acid groups (broad SMARTS) is 1. The summed E-state index contributed by atoms with van der Waals surface area (Å²) in [6.07, 6.45) is 5.98. The molecular formula is C14H23FO2. The second-order valence-corrected chi connectivity index (χ2v) is 4.39. The van der Waals surface area contributed by atoms with Crippen LogP contribution in [-0.4, -0.2) is 16.7 Å². The SMILES string of the molecule is CC#CCC(F)(CCCCCCCC)C(=O)O. The Morgan fingerprint density at radius 3 is 2.35 bits per heavy atom. The van der Waals surface area contributed by atoms with E-state index in [1.807, 2.05) is 0 Å². The average Bonchev–Trinajstić information content (AvgIpc) is 2.31. The topological polar surface area (TPSA) is 37.3 Å². The van der Waals surface area contributed by atoms with Crippen LogP contribution in [0.3, 0.4) is 0 Å². The summed E-state index contributed by atoms with van der Waals surface area (Å²) in [5, 5.41) is 8.86. The number of rotatable bonds is 9. The van der Waals surface area contributed by atoms with Gasteiger partial charge >= 0.3 is 5.97 Å². The summed E-state index contributed by atoms with van der Waals surface area (Å²) in [5.41, 5.74) is -2.16. The van der Waals surface area contributed by atoms with E-state index < -0.39 is 11.6 Å². The number of halogens is 1. The lowest BCUT2D eigenvalue weighted by molar-refractivity contribution is -0.151. The molecule has 0 bridgehead atoms. The maximum absolute atomic E-state index is 14.0. The first kappa shape index (κ1) is 16.0. The number of aliphatic carboxylic acids is 1. The largest absolute Gasteiger partial charge is 0.479 e. The number of hydrogen-bond acceptors (Lipinski definition) is 1. The lowest BCUT2D eigenvalue weighted by atomic mass is 9.94. The molecule has 0 aromatic heterocycles. The first-order chi connectivity index (χ1) is 8.06. The zero-order chi connectivity index (χ0) is 13.1. The molecule has 2 nitrogen and oxygen atoms in total. The van der Waals surface area contributed by atoms with E-state index in [9.17, 15) is 9.18 Å². The second kappa shape index (κ2) is 9.04. The van der Waals surface area contributed by atoms with Crippen molar-refractivity contribution in [3.8, 4) is 11.8 Å². The van der Waals surface area contributed by atoms with Gasteiger partial charge in [-0.25, -0.2) is 9.18 Å². The van der Waals surface area contributed by atoms with E-state index >= 15 is 0 Å². The van der Waals surface area contributed by atoms with E-state index in [1.165, 1.54) is 12.8 Å². The zero-order valence-electron chi connectivity index (χ0n) is 10.9. The fraction of sp³-hybridized carbons (Fsp3) is 0.786. The number of alkyl halides is 1. The summed E-state index contributed by atoms with van der Waals surface area (Å²) in [6.45, 7) is 3.73. The predicted molar refractivity (Wildman–Crippen MR) is 67.5 cm³/mol. The quantitative estimate of drug-likeness (QED) is 0.491. The lowest BCUT2D eigenvalue weighted by Gasteiger charge is -2.17. The Hall–Kier alpha value is -1.04. The monoisotopic (exact) mass is 242 g/mol. The van der Waals surface area contributed by atoms with Crippen molar-refractivity contribution < 1.29 is 14.3 Å². The summed E-state index contributed by atoms with van der Waals surface area (Å²) < 4.78 is 14.0. The third-order valence-electron chi connectivity index (χ3n) is 2.86. The van der Waals surface area contributed by atoms with Gasteiger partial charge in [-0.15, -0.1) is 5.92 Å². The number of unbranched alkanes of at least 4 members (excludes halogenated alkanes) is 5. The molecule has 0 spiro atoms. The average molecular weight is 242 g/mol. The van der Waals surface area contributed by atoms with Crippen molar-refractivity contribution in [2.24, 2.45) is 0 Å².